The second-order valence-corrected chi connectivity index (χ2v) is 5.68. The Labute approximate surface area is 126 Å². The molecule has 2 nitrogen and oxygen atoms in total. The van der Waals surface area contributed by atoms with Crippen LogP contribution in [-0.4, -0.2) is 13.1 Å². The number of nitrogens with zero attached hydrogens (tertiary/aromatic N) is 1. The quantitative estimate of drug-likeness (QED) is 0.931. The lowest BCUT2D eigenvalue weighted by molar-refractivity contribution is 0.296. The fourth-order valence-corrected chi connectivity index (χ4v) is 3.52. The summed E-state index contributed by atoms with van der Waals surface area (Å²) in [6.07, 6.45) is 2.08. The molecule has 2 aromatic rings. The van der Waals surface area contributed by atoms with Crippen molar-refractivity contribution in [1.29, 1.82) is 5.26 Å². The van der Waals surface area contributed by atoms with Crippen molar-refractivity contribution in [2.75, 3.05) is 13.1 Å². The van der Waals surface area contributed by atoms with Crippen molar-refractivity contribution < 1.29 is 0 Å². The minimum atomic E-state index is -0.537. The standard InChI is InChI=1S/C19H20N2/c20-15-19(16-7-3-1-4-8-16,17-9-5-2-6-10-17)18-11-13-21-14-12-18/h1-10,18,21H,11-14H2. The van der Waals surface area contributed by atoms with Gasteiger partial charge in [0.05, 0.1) is 6.07 Å². The molecular weight excluding hydrogens is 256 g/mol. The number of piperidine rings is 1. The maximum absolute atomic E-state index is 10.2. The molecule has 0 aromatic heterocycles. The normalized spacial score (nSPS) is 16.3. The highest BCUT2D eigenvalue weighted by Crippen LogP contribution is 2.42. The summed E-state index contributed by atoms with van der Waals surface area (Å²) < 4.78 is 0. The third-order valence-electron chi connectivity index (χ3n) is 4.59. The third-order valence-corrected chi connectivity index (χ3v) is 4.59. The monoisotopic (exact) mass is 276 g/mol. The zero-order valence-electron chi connectivity index (χ0n) is 12.1. The Morgan fingerprint density at radius 2 is 1.33 bits per heavy atom. The first-order chi connectivity index (χ1) is 10.4. The van der Waals surface area contributed by atoms with Gasteiger partial charge in [0.1, 0.15) is 5.41 Å². The molecule has 0 saturated carbocycles. The first-order valence-electron chi connectivity index (χ1n) is 7.61. The summed E-state index contributed by atoms with van der Waals surface area (Å²) in [4.78, 5) is 0. The van der Waals surface area contributed by atoms with Crippen LogP contribution in [-0.2, 0) is 5.41 Å². The lowest BCUT2D eigenvalue weighted by atomic mass is 9.64. The molecule has 21 heavy (non-hydrogen) atoms. The van der Waals surface area contributed by atoms with Crippen molar-refractivity contribution in [2.45, 2.75) is 18.3 Å². The molecule has 0 amide bonds. The highest BCUT2D eigenvalue weighted by molar-refractivity contribution is 5.47. The molecule has 2 aromatic carbocycles. The molecule has 106 valence electrons. The molecule has 1 fully saturated rings. The van der Waals surface area contributed by atoms with E-state index in [0.29, 0.717) is 5.92 Å². The minimum Gasteiger partial charge on any atom is -0.317 e. The Kier molecular flexibility index (Phi) is 4.03. The van der Waals surface area contributed by atoms with Crippen molar-refractivity contribution in [1.82, 2.24) is 5.32 Å². The van der Waals surface area contributed by atoms with Crippen molar-refractivity contribution in [3.05, 3.63) is 71.8 Å². The lowest BCUT2D eigenvalue weighted by Crippen LogP contribution is -2.41. The molecule has 0 unspecified atom stereocenters. The van der Waals surface area contributed by atoms with Gasteiger partial charge >= 0.3 is 0 Å². The second-order valence-electron chi connectivity index (χ2n) is 5.68. The highest BCUT2D eigenvalue weighted by atomic mass is 14.9. The van der Waals surface area contributed by atoms with E-state index < -0.39 is 5.41 Å². The molecular formula is C19H20N2. The van der Waals surface area contributed by atoms with Gasteiger partial charge in [0.2, 0.25) is 0 Å². The molecule has 0 bridgehead atoms. The Balaban J connectivity index is 2.16. The summed E-state index contributed by atoms with van der Waals surface area (Å²) in [6.45, 7) is 1.99. The third kappa shape index (κ3) is 2.46. The van der Waals surface area contributed by atoms with Crippen LogP contribution < -0.4 is 5.32 Å². The van der Waals surface area contributed by atoms with Crippen LogP contribution in [0.4, 0.5) is 0 Å². The summed E-state index contributed by atoms with van der Waals surface area (Å²) in [6, 6.07) is 23.2. The fraction of sp³-hybridized carbons (Fsp3) is 0.316. The zero-order chi connectivity index (χ0) is 14.5. The Morgan fingerprint density at radius 3 is 1.76 bits per heavy atom. The first-order valence-corrected chi connectivity index (χ1v) is 7.61. The molecule has 0 aliphatic carbocycles. The summed E-state index contributed by atoms with van der Waals surface area (Å²) in [5, 5.41) is 13.6. The van der Waals surface area contributed by atoms with Crippen LogP contribution >= 0.6 is 0 Å². The Morgan fingerprint density at radius 1 is 0.857 bits per heavy atom. The largest absolute Gasteiger partial charge is 0.317 e. The minimum absolute atomic E-state index is 0.355. The Bertz CT molecular complexity index is 568. The van der Waals surface area contributed by atoms with Crippen LogP contribution in [0.1, 0.15) is 24.0 Å². The number of nitriles is 1. The summed E-state index contributed by atoms with van der Waals surface area (Å²) >= 11 is 0. The van der Waals surface area contributed by atoms with E-state index in [1.807, 2.05) is 36.4 Å². The molecule has 1 saturated heterocycles. The van der Waals surface area contributed by atoms with E-state index >= 15 is 0 Å². The van der Waals surface area contributed by atoms with E-state index in [4.69, 9.17) is 0 Å². The maximum Gasteiger partial charge on any atom is 0.110 e. The summed E-state index contributed by atoms with van der Waals surface area (Å²) in [5.74, 6) is 0.355. The van der Waals surface area contributed by atoms with Gasteiger partial charge in [-0.25, -0.2) is 0 Å². The topological polar surface area (TPSA) is 35.8 Å². The van der Waals surface area contributed by atoms with Gasteiger partial charge in [-0.1, -0.05) is 60.7 Å². The van der Waals surface area contributed by atoms with E-state index in [0.717, 1.165) is 37.1 Å². The average Bonchev–Trinajstić information content (AvgIpc) is 2.59. The van der Waals surface area contributed by atoms with Gasteiger partial charge in [0.25, 0.3) is 0 Å². The van der Waals surface area contributed by atoms with E-state index in [9.17, 15) is 5.26 Å². The van der Waals surface area contributed by atoms with Crippen molar-refractivity contribution in [3.8, 4) is 6.07 Å². The second kappa shape index (κ2) is 6.11. The van der Waals surface area contributed by atoms with E-state index in [1.165, 1.54) is 0 Å². The number of hydrogen-bond acceptors (Lipinski definition) is 2. The van der Waals surface area contributed by atoms with Gasteiger partial charge < -0.3 is 5.32 Å². The van der Waals surface area contributed by atoms with E-state index in [1.54, 1.807) is 0 Å². The molecule has 2 heteroatoms. The lowest BCUT2D eigenvalue weighted by Gasteiger charge is -2.38. The average molecular weight is 276 g/mol. The maximum atomic E-state index is 10.2. The van der Waals surface area contributed by atoms with E-state index in [-0.39, 0.29) is 0 Å². The molecule has 0 atom stereocenters. The van der Waals surface area contributed by atoms with Gasteiger partial charge in [0, 0.05) is 0 Å². The highest BCUT2D eigenvalue weighted by Gasteiger charge is 2.42. The Hall–Kier alpha value is -2.11. The van der Waals surface area contributed by atoms with Crippen LogP contribution in [0, 0.1) is 17.2 Å². The van der Waals surface area contributed by atoms with E-state index in [2.05, 4.69) is 35.7 Å². The molecule has 3 rings (SSSR count). The predicted octanol–water partition coefficient (Wildman–Crippen LogP) is 3.50. The predicted molar refractivity (Wildman–Crippen MR) is 84.9 cm³/mol. The van der Waals surface area contributed by atoms with Gasteiger partial charge in [-0.05, 0) is 43.0 Å². The van der Waals surface area contributed by atoms with Crippen molar-refractivity contribution >= 4 is 0 Å². The number of rotatable bonds is 3. The van der Waals surface area contributed by atoms with Gasteiger partial charge in [-0.2, -0.15) is 5.26 Å². The van der Waals surface area contributed by atoms with Gasteiger partial charge in [0.15, 0.2) is 0 Å². The molecule has 1 heterocycles. The van der Waals surface area contributed by atoms with Crippen molar-refractivity contribution in [2.24, 2.45) is 5.92 Å². The number of hydrogen-bond donors (Lipinski definition) is 1. The van der Waals surface area contributed by atoms with Crippen LogP contribution in [0.5, 0.6) is 0 Å². The smallest absolute Gasteiger partial charge is 0.110 e. The van der Waals surface area contributed by atoms with Gasteiger partial charge in [-0.3, -0.25) is 0 Å². The van der Waals surface area contributed by atoms with Crippen LogP contribution in [0.3, 0.4) is 0 Å². The molecule has 0 radical (unpaired) electrons. The fourth-order valence-electron chi connectivity index (χ4n) is 3.52. The molecule has 1 aliphatic rings. The van der Waals surface area contributed by atoms with Gasteiger partial charge in [-0.15, -0.1) is 0 Å². The number of nitrogens with one attached hydrogen (secondary N) is 1. The van der Waals surface area contributed by atoms with Crippen LogP contribution in [0.2, 0.25) is 0 Å². The van der Waals surface area contributed by atoms with Crippen LogP contribution in [0.25, 0.3) is 0 Å². The first kappa shape index (κ1) is 13.9. The number of benzene rings is 2. The van der Waals surface area contributed by atoms with Crippen LogP contribution in [0.15, 0.2) is 60.7 Å². The van der Waals surface area contributed by atoms with Crippen molar-refractivity contribution in [3.63, 3.8) is 0 Å². The summed E-state index contributed by atoms with van der Waals surface area (Å²) in [5.41, 5.74) is 1.70. The zero-order valence-corrected chi connectivity index (χ0v) is 12.1. The molecule has 1 aliphatic heterocycles. The molecule has 1 N–H and O–H groups in total. The SMILES string of the molecule is N#CC(c1ccccc1)(c1ccccc1)C1CCNCC1. The molecule has 0 spiro atoms. The summed E-state index contributed by atoms with van der Waals surface area (Å²) in [7, 11) is 0.